The van der Waals surface area contributed by atoms with Gasteiger partial charge in [-0.1, -0.05) is 11.6 Å². The van der Waals surface area contributed by atoms with Crippen molar-refractivity contribution in [2.45, 2.75) is 19.3 Å². The summed E-state index contributed by atoms with van der Waals surface area (Å²) in [6.07, 6.45) is 4.23. The smallest absolute Gasteiger partial charge is 0.307 e. The standard InChI is InChI=1S/C6H8O2/c7-6(8)4-3-5-1-2-5/h3H,1-2,4H2,(H,7,8). The molecule has 0 atom stereocenters. The molecule has 0 spiro atoms. The largest absolute Gasteiger partial charge is 0.481 e. The summed E-state index contributed by atoms with van der Waals surface area (Å²) >= 11 is 0. The molecule has 0 amide bonds. The number of carbonyl (C=O) groups is 1. The summed E-state index contributed by atoms with van der Waals surface area (Å²) in [4.78, 5) is 9.89. The molecule has 44 valence electrons. The van der Waals surface area contributed by atoms with Gasteiger partial charge in [0.15, 0.2) is 0 Å². The fourth-order valence-electron chi connectivity index (χ4n) is 0.508. The predicted molar refractivity (Wildman–Crippen MR) is 29.6 cm³/mol. The van der Waals surface area contributed by atoms with Crippen molar-refractivity contribution < 1.29 is 9.90 Å². The van der Waals surface area contributed by atoms with Crippen LogP contribution in [0.3, 0.4) is 0 Å². The number of carboxylic acids is 1. The van der Waals surface area contributed by atoms with E-state index in [-0.39, 0.29) is 6.42 Å². The van der Waals surface area contributed by atoms with Crippen molar-refractivity contribution in [3.05, 3.63) is 11.6 Å². The van der Waals surface area contributed by atoms with E-state index in [0.717, 1.165) is 12.8 Å². The Morgan fingerprint density at radius 3 is 2.75 bits per heavy atom. The number of rotatable bonds is 2. The Morgan fingerprint density at radius 2 is 2.38 bits per heavy atom. The minimum absolute atomic E-state index is 0.204. The monoisotopic (exact) mass is 112 g/mol. The van der Waals surface area contributed by atoms with E-state index in [2.05, 4.69) is 0 Å². The molecule has 8 heavy (non-hydrogen) atoms. The molecule has 0 aromatic rings. The summed E-state index contributed by atoms with van der Waals surface area (Å²) in [6, 6.07) is 0. The van der Waals surface area contributed by atoms with Crippen LogP contribution in [0.4, 0.5) is 0 Å². The van der Waals surface area contributed by atoms with Gasteiger partial charge in [-0.15, -0.1) is 0 Å². The average Bonchev–Trinajstić information content (AvgIpc) is 2.41. The number of carboxylic acid groups (broad SMARTS) is 1. The van der Waals surface area contributed by atoms with Crippen molar-refractivity contribution in [1.29, 1.82) is 0 Å². The molecule has 2 nitrogen and oxygen atoms in total. The van der Waals surface area contributed by atoms with Crippen LogP contribution in [0, 0.1) is 0 Å². The van der Waals surface area contributed by atoms with Gasteiger partial charge in [0.1, 0.15) is 0 Å². The third-order valence-electron chi connectivity index (χ3n) is 1.10. The van der Waals surface area contributed by atoms with Crippen molar-refractivity contribution >= 4 is 5.97 Å². The Morgan fingerprint density at radius 1 is 1.75 bits per heavy atom. The molecule has 0 heterocycles. The van der Waals surface area contributed by atoms with E-state index in [0.29, 0.717) is 0 Å². The Hall–Kier alpha value is -0.790. The van der Waals surface area contributed by atoms with Crippen molar-refractivity contribution in [1.82, 2.24) is 0 Å². The van der Waals surface area contributed by atoms with Gasteiger partial charge < -0.3 is 5.11 Å². The highest BCUT2D eigenvalue weighted by Gasteiger charge is 2.09. The molecular formula is C6H8O2. The van der Waals surface area contributed by atoms with Crippen LogP contribution >= 0.6 is 0 Å². The van der Waals surface area contributed by atoms with E-state index in [1.54, 1.807) is 6.08 Å². The second-order valence-corrected chi connectivity index (χ2v) is 1.96. The first-order valence-corrected chi connectivity index (χ1v) is 2.69. The van der Waals surface area contributed by atoms with E-state index in [1.807, 2.05) is 0 Å². The first-order valence-electron chi connectivity index (χ1n) is 2.69. The van der Waals surface area contributed by atoms with Gasteiger partial charge in [0, 0.05) is 0 Å². The van der Waals surface area contributed by atoms with Gasteiger partial charge in [-0.2, -0.15) is 0 Å². The minimum Gasteiger partial charge on any atom is -0.481 e. The van der Waals surface area contributed by atoms with Gasteiger partial charge in [-0.3, -0.25) is 4.79 Å². The molecule has 1 aliphatic carbocycles. The van der Waals surface area contributed by atoms with Crippen LogP contribution < -0.4 is 0 Å². The molecule has 0 radical (unpaired) electrons. The SMILES string of the molecule is O=C(O)CC=C1CC1. The first kappa shape index (κ1) is 5.35. The van der Waals surface area contributed by atoms with Crippen LogP contribution in [0.5, 0.6) is 0 Å². The lowest BCUT2D eigenvalue weighted by molar-refractivity contribution is -0.136. The van der Waals surface area contributed by atoms with Crippen molar-refractivity contribution in [2.24, 2.45) is 0 Å². The molecule has 0 saturated heterocycles. The maximum atomic E-state index is 9.89. The maximum Gasteiger partial charge on any atom is 0.307 e. The molecule has 1 rings (SSSR count). The molecule has 0 unspecified atom stereocenters. The fraction of sp³-hybridized carbons (Fsp3) is 0.500. The zero-order chi connectivity index (χ0) is 5.98. The van der Waals surface area contributed by atoms with Gasteiger partial charge in [0.25, 0.3) is 0 Å². The summed E-state index contributed by atoms with van der Waals surface area (Å²) in [5.74, 6) is -0.732. The molecule has 0 aliphatic heterocycles. The summed E-state index contributed by atoms with van der Waals surface area (Å²) in [5.41, 5.74) is 1.30. The molecule has 0 aromatic carbocycles. The lowest BCUT2D eigenvalue weighted by Gasteiger charge is -1.78. The summed E-state index contributed by atoms with van der Waals surface area (Å²) in [5, 5.41) is 8.15. The molecule has 0 aromatic heterocycles. The third-order valence-corrected chi connectivity index (χ3v) is 1.10. The molecule has 0 bridgehead atoms. The molecule has 2 heteroatoms. The lowest BCUT2D eigenvalue weighted by Crippen LogP contribution is -1.89. The third kappa shape index (κ3) is 1.78. The highest BCUT2D eigenvalue weighted by molar-refractivity contribution is 5.68. The zero-order valence-electron chi connectivity index (χ0n) is 4.55. The summed E-state index contributed by atoms with van der Waals surface area (Å²) < 4.78 is 0. The molecule has 1 aliphatic rings. The van der Waals surface area contributed by atoms with Gasteiger partial charge in [-0.05, 0) is 12.8 Å². The Balaban J connectivity index is 2.21. The fourth-order valence-corrected chi connectivity index (χ4v) is 0.508. The number of allylic oxidation sites excluding steroid dienone is 1. The highest BCUT2D eigenvalue weighted by atomic mass is 16.4. The van der Waals surface area contributed by atoms with E-state index in [1.165, 1.54) is 5.57 Å². The molecular weight excluding hydrogens is 104 g/mol. The average molecular weight is 112 g/mol. The topological polar surface area (TPSA) is 37.3 Å². The van der Waals surface area contributed by atoms with E-state index >= 15 is 0 Å². The first-order chi connectivity index (χ1) is 3.79. The Bertz CT molecular complexity index is 129. The van der Waals surface area contributed by atoms with Gasteiger partial charge in [-0.25, -0.2) is 0 Å². The lowest BCUT2D eigenvalue weighted by atomic mass is 10.4. The summed E-state index contributed by atoms with van der Waals surface area (Å²) in [6.45, 7) is 0. The zero-order valence-corrected chi connectivity index (χ0v) is 4.55. The minimum atomic E-state index is -0.732. The molecule has 1 saturated carbocycles. The second-order valence-electron chi connectivity index (χ2n) is 1.96. The maximum absolute atomic E-state index is 9.89. The van der Waals surface area contributed by atoms with Crippen LogP contribution in [-0.2, 0) is 4.79 Å². The van der Waals surface area contributed by atoms with Crippen LogP contribution in [0.15, 0.2) is 11.6 Å². The highest BCUT2D eigenvalue weighted by Crippen LogP contribution is 2.27. The van der Waals surface area contributed by atoms with Crippen molar-refractivity contribution in [2.75, 3.05) is 0 Å². The van der Waals surface area contributed by atoms with E-state index in [4.69, 9.17) is 5.11 Å². The van der Waals surface area contributed by atoms with E-state index < -0.39 is 5.97 Å². The van der Waals surface area contributed by atoms with Crippen LogP contribution in [0.1, 0.15) is 19.3 Å². The number of hydrogen-bond acceptors (Lipinski definition) is 1. The van der Waals surface area contributed by atoms with Gasteiger partial charge >= 0.3 is 5.97 Å². The van der Waals surface area contributed by atoms with Gasteiger partial charge in [0.2, 0.25) is 0 Å². The molecule has 1 N–H and O–H groups in total. The van der Waals surface area contributed by atoms with Crippen molar-refractivity contribution in [3.8, 4) is 0 Å². The van der Waals surface area contributed by atoms with E-state index in [9.17, 15) is 4.79 Å². The van der Waals surface area contributed by atoms with Crippen LogP contribution in [0.2, 0.25) is 0 Å². The molecule has 1 fully saturated rings. The number of hydrogen-bond donors (Lipinski definition) is 1. The number of aliphatic carboxylic acids is 1. The quantitative estimate of drug-likeness (QED) is 0.544. The van der Waals surface area contributed by atoms with Gasteiger partial charge in [0.05, 0.1) is 6.42 Å². The Labute approximate surface area is 47.8 Å². The van der Waals surface area contributed by atoms with Crippen LogP contribution in [0.25, 0.3) is 0 Å². The summed E-state index contributed by atoms with van der Waals surface area (Å²) in [7, 11) is 0. The Kier molecular flexibility index (Phi) is 1.33. The second kappa shape index (κ2) is 1.99. The normalized spacial score (nSPS) is 15.8. The van der Waals surface area contributed by atoms with Crippen molar-refractivity contribution in [3.63, 3.8) is 0 Å². The predicted octanol–water partition coefficient (Wildman–Crippen LogP) is 1.18. The van der Waals surface area contributed by atoms with Crippen LogP contribution in [-0.4, -0.2) is 11.1 Å².